The van der Waals surface area contributed by atoms with Gasteiger partial charge in [-0.15, -0.1) is 12.4 Å². The van der Waals surface area contributed by atoms with Crippen LogP contribution in [0.4, 0.5) is 5.69 Å². The number of anilines is 1. The van der Waals surface area contributed by atoms with Crippen LogP contribution in [-0.2, 0) is 0 Å². The minimum atomic E-state index is 0. The van der Waals surface area contributed by atoms with Crippen molar-refractivity contribution in [1.29, 1.82) is 0 Å². The molecule has 0 atom stereocenters. The molecule has 0 spiro atoms. The van der Waals surface area contributed by atoms with Gasteiger partial charge < -0.3 is 5.43 Å². The second kappa shape index (κ2) is 4.51. The SMILES string of the molecule is Cl.NNc1ccc2ccccc2c1Cl. The molecule has 2 aromatic carbocycles. The monoisotopic (exact) mass is 228 g/mol. The molecule has 3 N–H and O–H groups in total. The highest BCUT2D eigenvalue weighted by atomic mass is 35.5. The molecule has 0 unspecified atom stereocenters. The number of nitrogens with two attached hydrogens (primary N) is 1. The fraction of sp³-hybridized carbons (Fsp3) is 0. The van der Waals surface area contributed by atoms with Crippen LogP contribution in [0.3, 0.4) is 0 Å². The molecule has 4 heteroatoms. The van der Waals surface area contributed by atoms with Gasteiger partial charge in [-0.2, -0.15) is 0 Å². The number of hydrogen-bond donors (Lipinski definition) is 2. The minimum absolute atomic E-state index is 0. The van der Waals surface area contributed by atoms with Crippen LogP contribution in [0.5, 0.6) is 0 Å². The van der Waals surface area contributed by atoms with Gasteiger partial charge in [-0.25, -0.2) is 0 Å². The van der Waals surface area contributed by atoms with Gasteiger partial charge in [0.05, 0.1) is 10.7 Å². The first-order valence-electron chi connectivity index (χ1n) is 3.97. The summed E-state index contributed by atoms with van der Waals surface area (Å²) in [4.78, 5) is 0. The van der Waals surface area contributed by atoms with Gasteiger partial charge in [0.25, 0.3) is 0 Å². The van der Waals surface area contributed by atoms with Crippen LogP contribution in [0.15, 0.2) is 36.4 Å². The molecule has 0 aliphatic rings. The Labute approximate surface area is 93.4 Å². The first kappa shape index (κ1) is 11.1. The molecule has 0 amide bonds. The van der Waals surface area contributed by atoms with E-state index in [1.807, 2.05) is 36.4 Å². The zero-order valence-electron chi connectivity index (χ0n) is 7.33. The Morgan fingerprint density at radius 2 is 1.79 bits per heavy atom. The molecule has 0 radical (unpaired) electrons. The van der Waals surface area contributed by atoms with Crippen LogP contribution in [0, 0.1) is 0 Å². The lowest BCUT2D eigenvalue weighted by atomic mass is 10.1. The van der Waals surface area contributed by atoms with Crippen molar-refractivity contribution in [3.05, 3.63) is 41.4 Å². The van der Waals surface area contributed by atoms with E-state index in [1.165, 1.54) is 0 Å². The summed E-state index contributed by atoms with van der Waals surface area (Å²) in [5, 5.41) is 2.80. The third-order valence-corrected chi connectivity index (χ3v) is 2.43. The van der Waals surface area contributed by atoms with Crippen molar-refractivity contribution >= 4 is 40.5 Å². The number of hydrazine groups is 1. The van der Waals surface area contributed by atoms with E-state index in [-0.39, 0.29) is 12.4 Å². The van der Waals surface area contributed by atoms with Crippen molar-refractivity contribution in [1.82, 2.24) is 0 Å². The molecule has 74 valence electrons. The van der Waals surface area contributed by atoms with Crippen LogP contribution in [0.2, 0.25) is 5.02 Å². The summed E-state index contributed by atoms with van der Waals surface area (Å²) in [5.74, 6) is 5.31. The van der Waals surface area contributed by atoms with Crippen molar-refractivity contribution in [3.8, 4) is 0 Å². The molecule has 2 rings (SSSR count). The number of nitrogens with one attached hydrogen (secondary N) is 1. The lowest BCUT2D eigenvalue weighted by Gasteiger charge is -2.05. The normalized spacial score (nSPS) is 9.57. The van der Waals surface area contributed by atoms with Crippen molar-refractivity contribution in [2.75, 3.05) is 5.43 Å². The Kier molecular flexibility index (Phi) is 3.58. The van der Waals surface area contributed by atoms with E-state index in [0.717, 1.165) is 16.5 Å². The fourth-order valence-electron chi connectivity index (χ4n) is 1.35. The van der Waals surface area contributed by atoms with Gasteiger partial charge >= 0.3 is 0 Å². The highest BCUT2D eigenvalue weighted by molar-refractivity contribution is 6.38. The lowest BCUT2D eigenvalue weighted by molar-refractivity contribution is 1.36. The number of benzene rings is 2. The van der Waals surface area contributed by atoms with E-state index >= 15 is 0 Å². The molecular formula is C10H10Cl2N2. The average Bonchev–Trinajstić information content (AvgIpc) is 2.19. The highest BCUT2D eigenvalue weighted by Gasteiger charge is 2.02. The molecule has 0 saturated heterocycles. The van der Waals surface area contributed by atoms with Crippen LogP contribution in [0.25, 0.3) is 10.8 Å². The van der Waals surface area contributed by atoms with E-state index < -0.39 is 0 Å². The quantitative estimate of drug-likeness (QED) is 0.582. The van der Waals surface area contributed by atoms with E-state index in [4.69, 9.17) is 17.4 Å². The number of hydrogen-bond acceptors (Lipinski definition) is 2. The Bertz CT molecular complexity index is 443. The van der Waals surface area contributed by atoms with Crippen LogP contribution in [-0.4, -0.2) is 0 Å². The summed E-state index contributed by atoms with van der Waals surface area (Å²) in [7, 11) is 0. The number of fused-ring (bicyclic) bond motifs is 1. The second-order valence-corrected chi connectivity index (χ2v) is 3.17. The Hall–Kier alpha value is -0.960. The van der Waals surface area contributed by atoms with Gasteiger partial charge in [0, 0.05) is 5.39 Å². The topological polar surface area (TPSA) is 38.0 Å². The molecule has 0 heterocycles. The Balaban J connectivity index is 0.000000980. The molecule has 2 nitrogen and oxygen atoms in total. The first-order valence-corrected chi connectivity index (χ1v) is 4.34. The molecule has 14 heavy (non-hydrogen) atoms. The molecular weight excluding hydrogens is 219 g/mol. The molecule has 0 saturated carbocycles. The van der Waals surface area contributed by atoms with E-state index in [0.29, 0.717) is 5.02 Å². The van der Waals surface area contributed by atoms with Crippen LogP contribution >= 0.6 is 24.0 Å². The van der Waals surface area contributed by atoms with E-state index in [1.54, 1.807) is 0 Å². The van der Waals surface area contributed by atoms with Gasteiger partial charge in [-0.05, 0) is 11.5 Å². The van der Waals surface area contributed by atoms with Gasteiger partial charge in [0.1, 0.15) is 0 Å². The zero-order chi connectivity index (χ0) is 9.26. The van der Waals surface area contributed by atoms with Crippen molar-refractivity contribution in [2.24, 2.45) is 5.84 Å². The molecule has 0 aromatic heterocycles. The number of nitrogen functional groups attached to an aromatic ring is 1. The third-order valence-electron chi connectivity index (χ3n) is 2.02. The standard InChI is InChI=1S/C10H9ClN2.ClH/c11-10-8-4-2-1-3-7(8)5-6-9(10)13-12;/h1-6,13H,12H2;1H. The summed E-state index contributed by atoms with van der Waals surface area (Å²) in [6.45, 7) is 0. The molecule has 2 aromatic rings. The summed E-state index contributed by atoms with van der Waals surface area (Å²) in [5.41, 5.74) is 3.31. The predicted molar refractivity (Wildman–Crippen MR) is 64.0 cm³/mol. The van der Waals surface area contributed by atoms with E-state index in [9.17, 15) is 0 Å². The maximum absolute atomic E-state index is 6.10. The lowest BCUT2D eigenvalue weighted by Crippen LogP contribution is -2.06. The highest BCUT2D eigenvalue weighted by Crippen LogP contribution is 2.29. The van der Waals surface area contributed by atoms with Gasteiger partial charge in [-0.1, -0.05) is 41.9 Å². The van der Waals surface area contributed by atoms with Crippen molar-refractivity contribution in [2.45, 2.75) is 0 Å². The largest absolute Gasteiger partial charge is 0.323 e. The smallest absolute Gasteiger partial charge is 0.0728 e. The predicted octanol–water partition coefficient (Wildman–Crippen LogP) is 3.20. The second-order valence-electron chi connectivity index (χ2n) is 2.79. The molecule has 0 aliphatic heterocycles. The average molecular weight is 229 g/mol. The number of halogens is 2. The van der Waals surface area contributed by atoms with Gasteiger partial charge in [0.15, 0.2) is 0 Å². The maximum atomic E-state index is 6.10. The third kappa shape index (κ3) is 1.77. The molecule has 0 aliphatic carbocycles. The number of rotatable bonds is 1. The minimum Gasteiger partial charge on any atom is -0.323 e. The summed E-state index contributed by atoms with van der Waals surface area (Å²) in [6, 6.07) is 11.8. The van der Waals surface area contributed by atoms with Crippen molar-refractivity contribution in [3.63, 3.8) is 0 Å². The van der Waals surface area contributed by atoms with Crippen LogP contribution < -0.4 is 11.3 Å². The van der Waals surface area contributed by atoms with Crippen LogP contribution in [0.1, 0.15) is 0 Å². The van der Waals surface area contributed by atoms with E-state index in [2.05, 4.69) is 5.43 Å². The fourth-order valence-corrected chi connectivity index (χ4v) is 1.63. The van der Waals surface area contributed by atoms with Gasteiger partial charge in [0.2, 0.25) is 0 Å². The van der Waals surface area contributed by atoms with Gasteiger partial charge in [-0.3, -0.25) is 5.84 Å². The zero-order valence-corrected chi connectivity index (χ0v) is 8.90. The summed E-state index contributed by atoms with van der Waals surface area (Å²) in [6.07, 6.45) is 0. The first-order chi connectivity index (χ1) is 6.33. The van der Waals surface area contributed by atoms with Crippen molar-refractivity contribution < 1.29 is 0 Å². The summed E-state index contributed by atoms with van der Waals surface area (Å²) < 4.78 is 0. The maximum Gasteiger partial charge on any atom is 0.0728 e. The summed E-state index contributed by atoms with van der Waals surface area (Å²) >= 11 is 6.10. The molecule has 0 bridgehead atoms. The molecule has 0 fully saturated rings. The Morgan fingerprint density at radius 1 is 1.07 bits per heavy atom. The Morgan fingerprint density at radius 3 is 2.50 bits per heavy atom.